The summed E-state index contributed by atoms with van der Waals surface area (Å²) in [6.07, 6.45) is 6.12. The summed E-state index contributed by atoms with van der Waals surface area (Å²) < 4.78 is 7.45. The van der Waals surface area contributed by atoms with Crippen molar-refractivity contribution in [3.8, 4) is 17.3 Å². The number of rotatable bonds is 6. The summed E-state index contributed by atoms with van der Waals surface area (Å²) in [5, 5.41) is 14.3. The van der Waals surface area contributed by atoms with Gasteiger partial charge in [-0.3, -0.25) is 14.9 Å². The van der Waals surface area contributed by atoms with Gasteiger partial charge in [-0.2, -0.15) is 0 Å². The molecule has 0 bridgehead atoms. The zero-order chi connectivity index (χ0) is 22.7. The third-order valence-electron chi connectivity index (χ3n) is 5.00. The minimum absolute atomic E-state index is 0.127. The lowest BCUT2D eigenvalue weighted by Crippen LogP contribution is -2.14. The molecule has 160 valence electrons. The van der Waals surface area contributed by atoms with E-state index in [1.165, 1.54) is 35.3 Å². The molecule has 9 nitrogen and oxygen atoms in total. The van der Waals surface area contributed by atoms with Crippen LogP contribution in [0.2, 0.25) is 0 Å². The molecule has 1 amide bonds. The van der Waals surface area contributed by atoms with Gasteiger partial charge in [-0.05, 0) is 55.3 Å². The summed E-state index contributed by atoms with van der Waals surface area (Å²) in [5.41, 5.74) is 2.59. The van der Waals surface area contributed by atoms with E-state index in [0.29, 0.717) is 17.1 Å². The Labute approximate surface area is 183 Å². The third-order valence-corrected chi connectivity index (χ3v) is 5.00. The van der Waals surface area contributed by atoms with Crippen molar-refractivity contribution in [2.24, 2.45) is 0 Å². The number of anilines is 1. The van der Waals surface area contributed by atoms with Gasteiger partial charge in [0.1, 0.15) is 17.1 Å². The first-order valence-electron chi connectivity index (χ1n) is 9.71. The van der Waals surface area contributed by atoms with E-state index in [9.17, 15) is 14.9 Å². The monoisotopic (exact) mass is 429 g/mol. The minimum Gasteiger partial charge on any atom is -0.437 e. The molecule has 0 saturated carbocycles. The normalized spacial score (nSPS) is 10.6. The Balaban J connectivity index is 1.62. The number of hydrogen-bond donors (Lipinski definition) is 1. The number of nitrogens with one attached hydrogen (secondary N) is 1. The Bertz CT molecular complexity index is 1300. The molecule has 0 atom stereocenters. The summed E-state index contributed by atoms with van der Waals surface area (Å²) in [4.78, 5) is 32.1. The maximum Gasteiger partial charge on any atom is 0.294 e. The molecular weight excluding hydrogens is 410 g/mol. The number of aromatic nitrogens is 3. The molecule has 0 unspecified atom stereocenters. The molecule has 0 spiro atoms. The Kier molecular flexibility index (Phi) is 5.63. The van der Waals surface area contributed by atoms with Crippen molar-refractivity contribution in [2.75, 3.05) is 5.32 Å². The molecule has 0 aliphatic heterocycles. The second-order valence-electron chi connectivity index (χ2n) is 7.04. The van der Waals surface area contributed by atoms with E-state index in [1.807, 2.05) is 32.0 Å². The standard InChI is InChI=1S/C23H19N5O4/c1-15-5-3-7-21(16(15)2)32-23-18(6-4-10-25-23)26-22(29)17-8-9-19(20(13-17)28(30)31)27-12-11-24-14-27/h3-14H,1-2H3,(H,26,29). The number of nitro groups is 1. The molecule has 4 rings (SSSR count). The van der Waals surface area contributed by atoms with Gasteiger partial charge in [0.15, 0.2) is 0 Å². The van der Waals surface area contributed by atoms with Crippen LogP contribution in [0.25, 0.3) is 5.69 Å². The maximum absolute atomic E-state index is 12.9. The third kappa shape index (κ3) is 4.17. The van der Waals surface area contributed by atoms with Crippen molar-refractivity contribution >= 4 is 17.3 Å². The van der Waals surface area contributed by atoms with Gasteiger partial charge in [-0.15, -0.1) is 0 Å². The van der Waals surface area contributed by atoms with Crippen LogP contribution in [-0.2, 0) is 0 Å². The molecule has 9 heteroatoms. The molecule has 2 aromatic carbocycles. The second-order valence-corrected chi connectivity index (χ2v) is 7.04. The molecule has 0 aliphatic carbocycles. The number of carbonyl (C=O) groups is 1. The largest absolute Gasteiger partial charge is 0.437 e. The first-order chi connectivity index (χ1) is 15.4. The molecule has 0 saturated heterocycles. The highest BCUT2D eigenvalue weighted by molar-refractivity contribution is 6.05. The summed E-state index contributed by atoms with van der Waals surface area (Å²) >= 11 is 0. The van der Waals surface area contributed by atoms with Crippen molar-refractivity contribution in [2.45, 2.75) is 13.8 Å². The van der Waals surface area contributed by atoms with E-state index in [4.69, 9.17) is 4.74 Å². The highest BCUT2D eigenvalue weighted by Gasteiger charge is 2.20. The van der Waals surface area contributed by atoms with Gasteiger partial charge in [0, 0.05) is 30.2 Å². The van der Waals surface area contributed by atoms with Crippen LogP contribution in [0.5, 0.6) is 11.6 Å². The topological polar surface area (TPSA) is 112 Å². The molecule has 4 aromatic rings. The van der Waals surface area contributed by atoms with Crippen LogP contribution < -0.4 is 10.1 Å². The van der Waals surface area contributed by atoms with Crippen molar-refractivity contribution in [1.29, 1.82) is 0 Å². The minimum atomic E-state index is -0.536. The summed E-state index contributed by atoms with van der Waals surface area (Å²) in [6.45, 7) is 3.91. The Morgan fingerprint density at radius 3 is 2.72 bits per heavy atom. The van der Waals surface area contributed by atoms with Gasteiger partial charge in [0.05, 0.1) is 11.3 Å². The molecule has 0 aliphatic rings. The van der Waals surface area contributed by atoms with Gasteiger partial charge in [-0.25, -0.2) is 9.97 Å². The molecule has 2 heterocycles. The predicted octanol–water partition coefficient (Wildman–Crippen LogP) is 4.84. The van der Waals surface area contributed by atoms with Gasteiger partial charge in [0.2, 0.25) is 5.88 Å². The number of pyridine rings is 1. The van der Waals surface area contributed by atoms with E-state index in [-0.39, 0.29) is 17.1 Å². The zero-order valence-corrected chi connectivity index (χ0v) is 17.4. The molecule has 32 heavy (non-hydrogen) atoms. The quantitative estimate of drug-likeness (QED) is 0.347. The number of imidazole rings is 1. The predicted molar refractivity (Wildman–Crippen MR) is 118 cm³/mol. The van der Waals surface area contributed by atoms with Crippen molar-refractivity contribution < 1.29 is 14.5 Å². The number of aryl methyl sites for hydroxylation is 1. The summed E-state index contributed by atoms with van der Waals surface area (Å²) in [7, 11) is 0. The SMILES string of the molecule is Cc1cccc(Oc2ncccc2NC(=O)c2ccc(-n3ccnc3)c([N+](=O)[O-])c2)c1C. The van der Waals surface area contributed by atoms with Crippen LogP contribution in [-0.4, -0.2) is 25.4 Å². The smallest absolute Gasteiger partial charge is 0.294 e. The Hall–Kier alpha value is -4.53. The van der Waals surface area contributed by atoms with E-state index < -0.39 is 10.8 Å². The fraction of sp³-hybridized carbons (Fsp3) is 0.0870. The van der Waals surface area contributed by atoms with Gasteiger partial charge < -0.3 is 14.6 Å². The van der Waals surface area contributed by atoms with Crippen LogP contribution in [0.4, 0.5) is 11.4 Å². The van der Waals surface area contributed by atoms with Crippen LogP contribution >= 0.6 is 0 Å². The van der Waals surface area contributed by atoms with E-state index >= 15 is 0 Å². The number of benzene rings is 2. The van der Waals surface area contributed by atoms with E-state index in [2.05, 4.69) is 15.3 Å². The lowest BCUT2D eigenvalue weighted by Gasteiger charge is -2.13. The van der Waals surface area contributed by atoms with Gasteiger partial charge in [-0.1, -0.05) is 12.1 Å². The average molecular weight is 429 g/mol. The van der Waals surface area contributed by atoms with Gasteiger partial charge >= 0.3 is 0 Å². The molecular formula is C23H19N5O4. The van der Waals surface area contributed by atoms with Crippen LogP contribution in [0, 0.1) is 24.0 Å². The fourth-order valence-electron chi connectivity index (χ4n) is 3.13. The summed E-state index contributed by atoms with van der Waals surface area (Å²) in [5.74, 6) is 0.322. The molecule has 0 fully saturated rings. The number of nitro benzene ring substituents is 1. The highest BCUT2D eigenvalue weighted by atomic mass is 16.6. The zero-order valence-electron chi connectivity index (χ0n) is 17.4. The first kappa shape index (κ1) is 20.7. The van der Waals surface area contributed by atoms with Crippen LogP contribution in [0.3, 0.4) is 0 Å². The Morgan fingerprint density at radius 2 is 1.97 bits per heavy atom. The van der Waals surface area contributed by atoms with Crippen molar-refractivity contribution in [3.05, 3.63) is 100 Å². The maximum atomic E-state index is 12.9. The molecule has 1 N–H and O–H groups in total. The van der Waals surface area contributed by atoms with Crippen molar-refractivity contribution in [3.63, 3.8) is 0 Å². The summed E-state index contributed by atoms with van der Waals surface area (Å²) in [6, 6.07) is 13.2. The molecule has 0 radical (unpaired) electrons. The lowest BCUT2D eigenvalue weighted by molar-refractivity contribution is -0.384. The average Bonchev–Trinajstić information content (AvgIpc) is 3.32. The number of nitrogens with zero attached hydrogens (tertiary/aromatic N) is 4. The van der Waals surface area contributed by atoms with E-state index in [0.717, 1.165) is 11.1 Å². The van der Waals surface area contributed by atoms with Crippen LogP contribution in [0.15, 0.2) is 73.4 Å². The number of ether oxygens (including phenoxy) is 1. The fourth-order valence-corrected chi connectivity index (χ4v) is 3.13. The lowest BCUT2D eigenvalue weighted by atomic mass is 10.1. The van der Waals surface area contributed by atoms with E-state index in [1.54, 1.807) is 24.5 Å². The number of carbonyl (C=O) groups excluding carboxylic acids is 1. The highest BCUT2D eigenvalue weighted by Crippen LogP contribution is 2.31. The second kappa shape index (κ2) is 8.68. The number of hydrogen-bond acceptors (Lipinski definition) is 6. The van der Waals surface area contributed by atoms with Crippen molar-refractivity contribution in [1.82, 2.24) is 14.5 Å². The molecule has 2 aromatic heterocycles. The Morgan fingerprint density at radius 1 is 1.12 bits per heavy atom. The van der Waals surface area contributed by atoms with Crippen LogP contribution in [0.1, 0.15) is 21.5 Å². The number of amides is 1. The van der Waals surface area contributed by atoms with Gasteiger partial charge in [0.25, 0.3) is 11.6 Å². The first-order valence-corrected chi connectivity index (χ1v) is 9.71.